The lowest BCUT2D eigenvalue weighted by molar-refractivity contribution is 0.0772. The molecule has 0 unspecified atom stereocenters. The minimum absolute atomic E-state index is 0.0734. The first-order valence-corrected chi connectivity index (χ1v) is 10.9. The molecule has 0 aliphatic carbocycles. The van der Waals surface area contributed by atoms with E-state index in [1.165, 1.54) is 19.2 Å². The Kier molecular flexibility index (Phi) is 6.91. The normalized spacial score (nSPS) is 13.9. The molecule has 2 heterocycles. The maximum atomic E-state index is 14.5. The number of benzene rings is 1. The molecule has 0 bridgehead atoms. The van der Waals surface area contributed by atoms with E-state index >= 15 is 0 Å². The van der Waals surface area contributed by atoms with E-state index in [0.29, 0.717) is 28.6 Å². The van der Waals surface area contributed by atoms with E-state index < -0.39 is 5.82 Å². The molecular formula is C22H30ClFN4O2. The minimum atomic E-state index is -0.511. The van der Waals surface area contributed by atoms with Crippen LogP contribution in [0.2, 0.25) is 5.02 Å². The number of anilines is 2. The maximum absolute atomic E-state index is 14.5. The number of amides is 1. The fourth-order valence-corrected chi connectivity index (χ4v) is 4.42. The van der Waals surface area contributed by atoms with E-state index in [2.05, 4.69) is 18.4 Å². The van der Waals surface area contributed by atoms with Crippen molar-refractivity contribution in [2.24, 2.45) is 0 Å². The number of aryl methyl sites for hydroxylation is 1. The zero-order valence-corrected chi connectivity index (χ0v) is 19.1. The molecule has 30 heavy (non-hydrogen) atoms. The average molecular weight is 437 g/mol. The van der Waals surface area contributed by atoms with Gasteiger partial charge in [0.05, 0.1) is 24.5 Å². The van der Waals surface area contributed by atoms with Crippen LogP contribution < -0.4 is 9.64 Å². The van der Waals surface area contributed by atoms with Crippen LogP contribution in [0.4, 0.5) is 15.9 Å². The summed E-state index contributed by atoms with van der Waals surface area (Å²) in [5.41, 5.74) is 1.02. The Morgan fingerprint density at radius 1 is 1.23 bits per heavy atom. The summed E-state index contributed by atoms with van der Waals surface area (Å²) in [5, 5.41) is 0.341. The number of methoxy groups -OCH3 is 1. The molecule has 0 atom stereocenters. The van der Waals surface area contributed by atoms with Crippen molar-refractivity contribution in [3.63, 3.8) is 0 Å². The molecule has 0 spiro atoms. The lowest BCUT2D eigenvalue weighted by atomic mass is 10.1. The largest absolute Gasteiger partial charge is 0.494 e. The number of halogens is 2. The predicted octanol–water partition coefficient (Wildman–Crippen LogP) is 5.57. The number of hydrogen-bond acceptors (Lipinski definition) is 4. The lowest BCUT2D eigenvalue weighted by Crippen LogP contribution is -2.43. The molecule has 0 saturated heterocycles. The molecule has 0 N–H and O–H groups in total. The Morgan fingerprint density at radius 2 is 1.90 bits per heavy atom. The number of rotatable bonds is 8. The second kappa shape index (κ2) is 9.25. The number of imidazole rings is 1. The Bertz CT molecular complexity index is 924. The van der Waals surface area contributed by atoms with E-state index in [4.69, 9.17) is 21.3 Å². The van der Waals surface area contributed by atoms with Gasteiger partial charge in [0.15, 0.2) is 23.1 Å². The second-order valence-corrected chi connectivity index (χ2v) is 8.07. The quantitative estimate of drug-likeness (QED) is 0.542. The highest BCUT2D eigenvalue weighted by atomic mass is 35.5. The smallest absolute Gasteiger partial charge is 0.275 e. The zero-order valence-electron chi connectivity index (χ0n) is 18.3. The van der Waals surface area contributed by atoms with Gasteiger partial charge in [0.2, 0.25) is 0 Å². The van der Waals surface area contributed by atoms with Crippen molar-refractivity contribution in [2.75, 3.05) is 25.7 Å². The van der Waals surface area contributed by atoms with Crippen molar-refractivity contribution in [1.82, 2.24) is 14.5 Å². The van der Waals surface area contributed by atoms with Gasteiger partial charge in [0.25, 0.3) is 5.91 Å². The highest BCUT2D eigenvalue weighted by molar-refractivity contribution is 6.33. The van der Waals surface area contributed by atoms with Gasteiger partial charge < -0.3 is 19.1 Å². The Labute approximate surface area is 182 Å². The molecule has 1 aromatic heterocycles. The van der Waals surface area contributed by atoms with Crippen molar-refractivity contribution in [3.8, 4) is 5.75 Å². The number of aromatic nitrogens is 2. The highest BCUT2D eigenvalue weighted by Crippen LogP contribution is 2.41. The molecule has 2 aromatic rings. The maximum Gasteiger partial charge on any atom is 0.275 e. The molecule has 0 radical (unpaired) electrons. The Balaban J connectivity index is 2.21. The van der Waals surface area contributed by atoms with E-state index in [-0.39, 0.29) is 24.4 Å². The first-order chi connectivity index (χ1) is 14.4. The van der Waals surface area contributed by atoms with Crippen LogP contribution in [0.15, 0.2) is 12.1 Å². The minimum Gasteiger partial charge on any atom is -0.494 e. The number of fused-ring (bicyclic) bond motifs is 1. The second-order valence-electron chi connectivity index (χ2n) is 7.67. The molecule has 0 fully saturated rings. The molecule has 1 amide bonds. The number of ether oxygens (including phenoxy) is 1. The van der Waals surface area contributed by atoms with Crippen LogP contribution in [-0.4, -0.2) is 41.2 Å². The van der Waals surface area contributed by atoms with E-state index in [1.54, 1.807) is 11.9 Å². The van der Waals surface area contributed by atoms with Gasteiger partial charge in [0, 0.05) is 31.6 Å². The first-order valence-electron chi connectivity index (χ1n) is 10.5. The Morgan fingerprint density at radius 3 is 2.47 bits per heavy atom. The predicted molar refractivity (Wildman–Crippen MR) is 118 cm³/mol. The molecule has 6 nitrogen and oxygen atoms in total. The zero-order chi connectivity index (χ0) is 22.0. The first kappa shape index (κ1) is 22.4. The third-order valence-corrected chi connectivity index (χ3v) is 5.86. The number of carbonyl (C=O) groups excluding carboxylic acids is 1. The van der Waals surface area contributed by atoms with E-state index in [0.717, 1.165) is 31.5 Å². The monoisotopic (exact) mass is 436 g/mol. The number of carbonyl (C=O) groups is 1. The molecule has 0 saturated carbocycles. The molecule has 1 aromatic carbocycles. The summed E-state index contributed by atoms with van der Waals surface area (Å²) in [5.74, 6) is 0.902. The van der Waals surface area contributed by atoms with Gasteiger partial charge in [-0.05, 0) is 12.8 Å². The van der Waals surface area contributed by atoms with Crippen molar-refractivity contribution in [1.29, 1.82) is 0 Å². The van der Waals surface area contributed by atoms with Crippen LogP contribution in [0.3, 0.4) is 0 Å². The van der Waals surface area contributed by atoms with Crippen molar-refractivity contribution in [2.45, 2.75) is 58.9 Å². The van der Waals surface area contributed by atoms with Gasteiger partial charge in [-0.15, -0.1) is 0 Å². The summed E-state index contributed by atoms with van der Waals surface area (Å²) in [6.45, 7) is 6.58. The molecule has 164 valence electrons. The van der Waals surface area contributed by atoms with Gasteiger partial charge in [-0.3, -0.25) is 4.79 Å². The van der Waals surface area contributed by atoms with Crippen LogP contribution in [-0.2, 0) is 6.42 Å². The summed E-state index contributed by atoms with van der Waals surface area (Å²) in [4.78, 5) is 21.5. The van der Waals surface area contributed by atoms with Crippen LogP contribution in [0.5, 0.6) is 5.75 Å². The number of nitrogens with zero attached hydrogens (tertiary/aromatic N) is 4. The average Bonchev–Trinajstić information content (AvgIpc) is 3.12. The summed E-state index contributed by atoms with van der Waals surface area (Å²) in [6, 6.07) is 3.00. The fourth-order valence-electron chi connectivity index (χ4n) is 4.16. The standard InChI is InChI=1S/C22H30ClFN4O2/c1-6-9-14(10-7-2)28-19(8-3)25-21-20(28)22(29)26(4)13-27(21)17-12-16(24)18(30-5)11-15(17)23/h11-12,14H,6-10,13H2,1-5H3. The summed E-state index contributed by atoms with van der Waals surface area (Å²) in [6.07, 6.45) is 4.68. The van der Waals surface area contributed by atoms with Crippen LogP contribution in [0.1, 0.15) is 68.8 Å². The number of hydrogen-bond donors (Lipinski definition) is 0. The van der Waals surface area contributed by atoms with Crippen LogP contribution in [0, 0.1) is 5.82 Å². The lowest BCUT2D eigenvalue weighted by Gasteiger charge is -2.35. The van der Waals surface area contributed by atoms with Gasteiger partial charge in [-0.2, -0.15) is 0 Å². The fraction of sp³-hybridized carbons (Fsp3) is 0.545. The van der Waals surface area contributed by atoms with Gasteiger partial charge in [-0.25, -0.2) is 9.37 Å². The summed E-state index contributed by atoms with van der Waals surface area (Å²) < 4.78 is 21.7. The highest BCUT2D eigenvalue weighted by Gasteiger charge is 2.37. The topological polar surface area (TPSA) is 50.6 Å². The van der Waals surface area contributed by atoms with Crippen molar-refractivity contribution in [3.05, 3.63) is 34.5 Å². The molecular weight excluding hydrogens is 407 g/mol. The summed E-state index contributed by atoms with van der Waals surface area (Å²) in [7, 11) is 3.14. The van der Waals surface area contributed by atoms with Gasteiger partial charge in [-0.1, -0.05) is 45.2 Å². The van der Waals surface area contributed by atoms with Crippen molar-refractivity contribution >= 4 is 29.0 Å². The van der Waals surface area contributed by atoms with Crippen molar-refractivity contribution < 1.29 is 13.9 Å². The van der Waals surface area contributed by atoms with Gasteiger partial charge >= 0.3 is 0 Å². The third-order valence-electron chi connectivity index (χ3n) is 5.56. The summed E-state index contributed by atoms with van der Waals surface area (Å²) >= 11 is 6.48. The van der Waals surface area contributed by atoms with Crippen LogP contribution >= 0.6 is 11.6 Å². The third kappa shape index (κ3) is 3.87. The Hall–Kier alpha value is -2.28. The molecule has 8 heteroatoms. The molecule has 3 rings (SSSR count). The molecule has 1 aliphatic heterocycles. The van der Waals surface area contributed by atoms with E-state index in [1.807, 2.05) is 11.8 Å². The van der Waals surface area contributed by atoms with Gasteiger partial charge in [0.1, 0.15) is 5.82 Å². The van der Waals surface area contributed by atoms with E-state index in [9.17, 15) is 9.18 Å². The SMILES string of the molecule is CCCC(CCC)n1c(CC)nc2c1C(=O)N(C)CN2c1cc(F)c(OC)cc1Cl. The molecule has 1 aliphatic rings. The van der Waals surface area contributed by atoms with Crippen LogP contribution in [0.25, 0.3) is 0 Å².